The highest BCUT2D eigenvalue weighted by Gasteiger charge is 2.24. The first kappa shape index (κ1) is 16.8. The third-order valence-corrected chi connectivity index (χ3v) is 5.42. The zero-order chi connectivity index (χ0) is 17.1. The number of primary amides is 1. The van der Waals surface area contributed by atoms with Crippen molar-refractivity contribution in [2.45, 2.75) is 32.1 Å². The summed E-state index contributed by atoms with van der Waals surface area (Å²) < 4.78 is 0. The molecule has 0 fully saturated rings. The number of hydrogen-bond donors (Lipinski definition) is 3. The Morgan fingerprint density at radius 1 is 1.12 bits per heavy atom. The Kier molecular flexibility index (Phi) is 5.06. The van der Waals surface area contributed by atoms with E-state index in [2.05, 4.69) is 10.6 Å². The smallest absolute Gasteiger partial charge is 0.324 e. The van der Waals surface area contributed by atoms with Gasteiger partial charge in [-0.15, -0.1) is 11.3 Å². The molecule has 1 heterocycles. The van der Waals surface area contributed by atoms with Crippen molar-refractivity contribution in [3.63, 3.8) is 0 Å². The summed E-state index contributed by atoms with van der Waals surface area (Å²) in [5.74, 6) is -0.493. The van der Waals surface area contributed by atoms with Crippen molar-refractivity contribution in [3.8, 4) is 0 Å². The summed E-state index contributed by atoms with van der Waals surface area (Å²) in [5.41, 5.74) is 7.60. The molecule has 0 radical (unpaired) electrons. The molecule has 126 valence electrons. The molecule has 0 atom stereocenters. The fourth-order valence-electron chi connectivity index (χ4n) is 2.92. The van der Waals surface area contributed by atoms with E-state index in [1.54, 1.807) is 24.3 Å². The summed E-state index contributed by atoms with van der Waals surface area (Å²) in [7, 11) is 0. The maximum Gasteiger partial charge on any atom is 0.324 e. The number of aryl methyl sites for hydroxylation is 1. The molecule has 24 heavy (non-hydrogen) atoms. The molecule has 1 aliphatic carbocycles. The molecule has 3 amide bonds. The van der Waals surface area contributed by atoms with Crippen molar-refractivity contribution < 1.29 is 9.59 Å². The lowest BCUT2D eigenvalue weighted by Gasteiger charge is -2.08. The number of hydrogen-bond acceptors (Lipinski definition) is 3. The highest BCUT2D eigenvalue weighted by atomic mass is 35.5. The van der Waals surface area contributed by atoms with Gasteiger partial charge in [0.1, 0.15) is 5.00 Å². The van der Waals surface area contributed by atoms with E-state index in [0.29, 0.717) is 21.3 Å². The van der Waals surface area contributed by atoms with Gasteiger partial charge in [-0.05, 0) is 49.4 Å². The third-order valence-electron chi connectivity index (χ3n) is 3.98. The van der Waals surface area contributed by atoms with Crippen LogP contribution in [0, 0.1) is 0 Å². The molecule has 7 heteroatoms. The molecule has 0 spiro atoms. The maximum atomic E-state index is 12.2. The monoisotopic (exact) mass is 363 g/mol. The molecular formula is C17H18ClN3O2S. The highest BCUT2D eigenvalue weighted by molar-refractivity contribution is 7.17. The van der Waals surface area contributed by atoms with Crippen LogP contribution in [-0.2, 0) is 12.8 Å². The van der Waals surface area contributed by atoms with Crippen LogP contribution in [-0.4, -0.2) is 11.9 Å². The molecular weight excluding hydrogens is 346 g/mol. The minimum absolute atomic E-state index is 0.420. The van der Waals surface area contributed by atoms with Gasteiger partial charge in [-0.3, -0.25) is 10.1 Å². The molecule has 2 aromatic rings. The summed E-state index contributed by atoms with van der Waals surface area (Å²) in [6.07, 6.45) is 5.05. The number of benzene rings is 1. The largest absolute Gasteiger partial charge is 0.365 e. The van der Waals surface area contributed by atoms with E-state index in [1.807, 2.05) is 0 Å². The van der Waals surface area contributed by atoms with E-state index in [-0.39, 0.29) is 0 Å². The van der Waals surface area contributed by atoms with Crippen molar-refractivity contribution in [3.05, 3.63) is 45.3 Å². The second-order valence-corrected chi connectivity index (χ2v) is 7.26. The number of carbonyl (C=O) groups excluding carboxylic acids is 2. The number of thiophene rings is 1. The summed E-state index contributed by atoms with van der Waals surface area (Å²) in [6, 6.07) is 6.45. The van der Waals surface area contributed by atoms with E-state index in [9.17, 15) is 9.59 Å². The van der Waals surface area contributed by atoms with E-state index < -0.39 is 11.9 Å². The Balaban J connectivity index is 1.81. The first-order valence-electron chi connectivity index (χ1n) is 7.82. The van der Waals surface area contributed by atoms with Gasteiger partial charge in [0.15, 0.2) is 0 Å². The summed E-state index contributed by atoms with van der Waals surface area (Å²) in [5, 5.41) is 6.53. The molecule has 5 nitrogen and oxygen atoms in total. The van der Waals surface area contributed by atoms with Gasteiger partial charge in [0.05, 0.1) is 5.56 Å². The number of halogens is 1. The molecule has 0 aliphatic heterocycles. The lowest BCUT2D eigenvalue weighted by Crippen LogP contribution is -2.22. The van der Waals surface area contributed by atoms with E-state index >= 15 is 0 Å². The topological polar surface area (TPSA) is 84.2 Å². The molecule has 0 saturated carbocycles. The molecule has 1 aliphatic rings. The second-order valence-electron chi connectivity index (χ2n) is 5.72. The summed E-state index contributed by atoms with van der Waals surface area (Å²) in [6.45, 7) is 0. The zero-order valence-corrected chi connectivity index (χ0v) is 14.6. The number of anilines is 2. The molecule has 1 aromatic carbocycles. The Morgan fingerprint density at radius 3 is 2.67 bits per heavy atom. The molecule has 1 aromatic heterocycles. The standard InChI is InChI=1S/C17H18ClN3O2S/c18-10-5-4-6-11(9-10)20-17(23)21-16-14(15(19)22)12-7-2-1-3-8-13(12)24-16/h4-6,9H,1-3,7-8H2,(H2,19,22)(H2,20,21,23). The molecule has 4 N–H and O–H groups in total. The normalized spacial score (nSPS) is 13.7. The average Bonchev–Trinajstić information content (AvgIpc) is 2.69. The first-order valence-corrected chi connectivity index (χ1v) is 9.02. The Hall–Kier alpha value is -2.05. The number of amides is 3. The van der Waals surface area contributed by atoms with Crippen molar-refractivity contribution in [1.82, 2.24) is 0 Å². The van der Waals surface area contributed by atoms with Gasteiger partial charge in [0.2, 0.25) is 0 Å². The minimum atomic E-state index is -0.493. The average molecular weight is 364 g/mol. The van der Waals surface area contributed by atoms with Crippen LogP contribution >= 0.6 is 22.9 Å². The maximum absolute atomic E-state index is 12.2. The van der Waals surface area contributed by atoms with Crippen LogP contribution in [0.1, 0.15) is 40.1 Å². The third kappa shape index (κ3) is 3.71. The van der Waals surface area contributed by atoms with Crippen LogP contribution in [0.4, 0.5) is 15.5 Å². The highest BCUT2D eigenvalue weighted by Crippen LogP contribution is 2.37. The fraction of sp³-hybridized carbons (Fsp3) is 0.294. The number of rotatable bonds is 3. The number of carbonyl (C=O) groups is 2. The number of nitrogens with one attached hydrogen (secondary N) is 2. The lowest BCUT2D eigenvalue weighted by molar-refractivity contribution is 0.100. The molecule has 0 bridgehead atoms. The van der Waals surface area contributed by atoms with Crippen LogP contribution in [0.15, 0.2) is 24.3 Å². The van der Waals surface area contributed by atoms with E-state index in [1.165, 1.54) is 11.3 Å². The zero-order valence-electron chi connectivity index (χ0n) is 13.0. The summed E-state index contributed by atoms with van der Waals surface area (Å²) >= 11 is 7.36. The number of fused-ring (bicyclic) bond motifs is 1. The Morgan fingerprint density at radius 2 is 1.92 bits per heavy atom. The van der Waals surface area contributed by atoms with Crippen LogP contribution in [0.25, 0.3) is 0 Å². The van der Waals surface area contributed by atoms with Gasteiger partial charge in [-0.2, -0.15) is 0 Å². The summed E-state index contributed by atoms with van der Waals surface area (Å²) in [4.78, 5) is 25.3. The van der Waals surface area contributed by atoms with Crippen LogP contribution in [0.3, 0.4) is 0 Å². The van der Waals surface area contributed by atoms with Crippen molar-refractivity contribution in [2.24, 2.45) is 5.73 Å². The van der Waals surface area contributed by atoms with Gasteiger partial charge >= 0.3 is 6.03 Å². The fourth-order valence-corrected chi connectivity index (χ4v) is 4.40. The quantitative estimate of drug-likeness (QED) is 0.705. The van der Waals surface area contributed by atoms with Gasteiger partial charge < -0.3 is 11.1 Å². The molecule has 3 rings (SSSR count). The van der Waals surface area contributed by atoms with Crippen LogP contribution in [0.2, 0.25) is 5.02 Å². The molecule has 0 unspecified atom stereocenters. The Bertz CT molecular complexity index is 788. The van der Waals surface area contributed by atoms with Crippen molar-refractivity contribution >= 4 is 45.6 Å². The van der Waals surface area contributed by atoms with E-state index in [4.69, 9.17) is 17.3 Å². The van der Waals surface area contributed by atoms with Gasteiger partial charge in [-0.1, -0.05) is 24.1 Å². The molecule has 0 saturated heterocycles. The predicted octanol–water partition coefficient (Wildman–Crippen LogP) is 4.41. The number of nitrogens with two attached hydrogens (primary N) is 1. The predicted molar refractivity (Wildman–Crippen MR) is 98.2 cm³/mol. The second kappa shape index (κ2) is 7.23. The number of urea groups is 1. The van der Waals surface area contributed by atoms with E-state index in [0.717, 1.165) is 42.5 Å². The van der Waals surface area contributed by atoms with Crippen LogP contribution < -0.4 is 16.4 Å². The van der Waals surface area contributed by atoms with Crippen LogP contribution in [0.5, 0.6) is 0 Å². The Labute approximate surface area is 149 Å². The SMILES string of the molecule is NC(=O)c1c(NC(=O)Nc2cccc(Cl)c2)sc2c1CCCCC2. The van der Waals surface area contributed by atoms with Gasteiger partial charge in [0.25, 0.3) is 5.91 Å². The lowest BCUT2D eigenvalue weighted by atomic mass is 10.1. The van der Waals surface area contributed by atoms with Crippen molar-refractivity contribution in [2.75, 3.05) is 10.6 Å². The minimum Gasteiger partial charge on any atom is -0.365 e. The van der Waals surface area contributed by atoms with Gasteiger partial charge in [0, 0.05) is 15.6 Å². The van der Waals surface area contributed by atoms with Gasteiger partial charge in [-0.25, -0.2) is 4.79 Å². The van der Waals surface area contributed by atoms with Crippen molar-refractivity contribution in [1.29, 1.82) is 0 Å². The first-order chi connectivity index (χ1) is 11.5.